The highest BCUT2D eigenvalue weighted by Crippen LogP contribution is 2.13. The van der Waals surface area contributed by atoms with E-state index < -0.39 is 0 Å². The summed E-state index contributed by atoms with van der Waals surface area (Å²) in [6.45, 7) is 0.829. The number of hydrogen-bond donors (Lipinski definition) is 1. The number of amides is 1. The number of benzene rings is 1. The van der Waals surface area contributed by atoms with Crippen molar-refractivity contribution in [3.05, 3.63) is 82.0 Å². The monoisotopic (exact) mass is 409 g/mol. The average Bonchev–Trinajstić information content (AvgIpc) is 2.92. The largest absolute Gasteiger partial charge is 0.353 e. The molecule has 4 rings (SSSR count). The average molecular weight is 409 g/mol. The number of carbonyl (C=O) groups is 1. The van der Waals surface area contributed by atoms with E-state index in [-0.39, 0.29) is 23.5 Å². The van der Waals surface area contributed by atoms with Gasteiger partial charge in [-0.3, -0.25) is 14.3 Å². The molecule has 30 heavy (non-hydrogen) atoms. The summed E-state index contributed by atoms with van der Waals surface area (Å²) in [5.74, 6) is 0.422. The molecule has 3 heterocycles. The van der Waals surface area contributed by atoms with E-state index in [2.05, 4.69) is 15.4 Å². The number of pyridine rings is 1. The molecule has 0 radical (unpaired) electrons. The maximum atomic E-state index is 13.1. The molecule has 0 aliphatic carbocycles. The van der Waals surface area contributed by atoms with Crippen molar-refractivity contribution in [1.29, 1.82) is 0 Å². The molecule has 3 aromatic rings. The smallest absolute Gasteiger partial charge is 0.346 e. The van der Waals surface area contributed by atoms with Gasteiger partial charge in [0.25, 0.3) is 0 Å². The minimum atomic E-state index is -0.306. The summed E-state index contributed by atoms with van der Waals surface area (Å²) in [5, 5.41) is 7.55. The zero-order valence-electron chi connectivity index (χ0n) is 16.6. The lowest BCUT2D eigenvalue weighted by Gasteiger charge is -2.16. The Morgan fingerprint density at radius 1 is 1.17 bits per heavy atom. The van der Waals surface area contributed by atoms with Crippen LogP contribution in [0.2, 0.25) is 0 Å². The van der Waals surface area contributed by atoms with Gasteiger partial charge in [0.1, 0.15) is 11.6 Å². The van der Waals surface area contributed by atoms with Gasteiger partial charge in [-0.15, -0.1) is 0 Å². The summed E-state index contributed by atoms with van der Waals surface area (Å²) in [6, 6.07) is 11.8. The van der Waals surface area contributed by atoms with Crippen molar-refractivity contribution in [1.82, 2.24) is 24.6 Å². The molecule has 0 saturated heterocycles. The third kappa shape index (κ3) is 4.82. The normalized spacial score (nSPS) is 16.0. The van der Waals surface area contributed by atoms with Crippen LogP contribution in [0.1, 0.15) is 36.3 Å². The molecule has 1 aliphatic heterocycles. The summed E-state index contributed by atoms with van der Waals surface area (Å²) < 4.78 is 16.2. The molecule has 1 amide bonds. The predicted octanol–water partition coefficient (Wildman–Crippen LogP) is 2.08. The van der Waals surface area contributed by atoms with E-state index in [1.54, 1.807) is 22.9 Å². The van der Waals surface area contributed by atoms with E-state index >= 15 is 0 Å². The molecular weight excluding hydrogens is 385 g/mol. The number of nitrogens with zero attached hydrogens (tertiary/aromatic N) is 4. The van der Waals surface area contributed by atoms with Crippen LogP contribution in [0.15, 0.2) is 53.5 Å². The summed E-state index contributed by atoms with van der Waals surface area (Å²) in [7, 11) is 0. The van der Waals surface area contributed by atoms with E-state index in [0.717, 1.165) is 23.5 Å². The van der Waals surface area contributed by atoms with Gasteiger partial charge in [0, 0.05) is 37.3 Å². The minimum Gasteiger partial charge on any atom is -0.353 e. The van der Waals surface area contributed by atoms with Crippen molar-refractivity contribution in [2.45, 2.75) is 51.2 Å². The number of rotatable bonds is 6. The Labute approximate surface area is 173 Å². The number of nitrogens with one attached hydrogen (secondary N) is 1. The maximum Gasteiger partial charge on any atom is 0.346 e. The Morgan fingerprint density at radius 2 is 2.00 bits per heavy atom. The van der Waals surface area contributed by atoms with Crippen LogP contribution in [0.25, 0.3) is 0 Å². The first-order chi connectivity index (χ1) is 14.6. The first-order valence-corrected chi connectivity index (χ1v) is 10.2. The zero-order valence-corrected chi connectivity index (χ0v) is 16.6. The third-order valence-electron chi connectivity index (χ3n) is 5.36. The molecule has 1 N–H and O–H groups in total. The zero-order chi connectivity index (χ0) is 20.9. The van der Waals surface area contributed by atoms with Crippen LogP contribution in [0.3, 0.4) is 0 Å². The van der Waals surface area contributed by atoms with Crippen LogP contribution in [0.5, 0.6) is 0 Å². The van der Waals surface area contributed by atoms with Crippen LogP contribution < -0.4 is 11.0 Å². The molecule has 156 valence electrons. The highest BCUT2D eigenvalue weighted by Gasteiger charge is 2.22. The topological polar surface area (TPSA) is 81.8 Å². The minimum absolute atomic E-state index is 0.00101. The lowest BCUT2D eigenvalue weighted by molar-refractivity contribution is -0.121. The number of aromatic nitrogens is 4. The Bertz CT molecular complexity index is 1060. The molecule has 2 aromatic heterocycles. The molecular formula is C22H24FN5O2. The van der Waals surface area contributed by atoms with Crippen LogP contribution in [0, 0.1) is 5.82 Å². The van der Waals surface area contributed by atoms with E-state index in [1.807, 2.05) is 18.2 Å². The summed E-state index contributed by atoms with van der Waals surface area (Å²) in [5.41, 5.74) is 1.55. The first-order valence-electron chi connectivity index (χ1n) is 10.2. The fourth-order valence-corrected chi connectivity index (χ4v) is 3.73. The fraction of sp³-hybridized carbons (Fsp3) is 0.364. The van der Waals surface area contributed by atoms with Gasteiger partial charge < -0.3 is 5.32 Å². The summed E-state index contributed by atoms with van der Waals surface area (Å²) >= 11 is 0. The van der Waals surface area contributed by atoms with Crippen molar-refractivity contribution >= 4 is 5.91 Å². The summed E-state index contributed by atoms with van der Waals surface area (Å²) in [6.07, 6.45) is 4.77. The molecule has 0 fully saturated rings. The Morgan fingerprint density at radius 3 is 2.77 bits per heavy atom. The van der Waals surface area contributed by atoms with Crippen molar-refractivity contribution in [2.24, 2.45) is 0 Å². The van der Waals surface area contributed by atoms with Gasteiger partial charge in [0.2, 0.25) is 5.91 Å². The van der Waals surface area contributed by atoms with Gasteiger partial charge >= 0.3 is 5.69 Å². The molecule has 1 aliphatic rings. The van der Waals surface area contributed by atoms with Gasteiger partial charge in [-0.2, -0.15) is 5.10 Å². The number of carbonyl (C=O) groups excluding carboxylic acids is 1. The molecule has 1 unspecified atom stereocenters. The molecule has 7 nitrogen and oxygen atoms in total. The van der Waals surface area contributed by atoms with Crippen molar-refractivity contribution in [2.75, 3.05) is 0 Å². The quantitative estimate of drug-likeness (QED) is 0.676. The molecule has 1 aromatic carbocycles. The number of halogens is 1. The SMILES string of the molecule is O=C(CCc1ccccn1)NC1CCc2nn(Cc3ccc(F)cc3)c(=O)n2CC1. The number of fused-ring (bicyclic) bond motifs is 1. The fourth-order valence-electron chi connectivity index (χ4n) is 3.73. The maximum absolute atomic E-state index is 13.1. The Hall–Kier alpha value is -3.29. The highest BCUT2D eigenvalue weighted by molar-refractivity contribution is 5.76. The van der Waals surface area contributed by atoms with Crippen LogP contribution in [0.4, 0.5) is 4.39 Å². The van der Waals surface area contributed by atoms with Crippen molar-refractivity contribution in [3.8, 4) is 0 Å². The standard InChI is InChI=1S/C22H24FN5O2/c23-17-6-4-16(5-7-17)15-28-22(30)27-14-12-19(8-10-20(27)26-28)25-21(29)11-9-18-3-1-2-13-24-18/h1-7,13,19H,8-12,14-15H2,(H,25,29). The van der Waals surface area contributed by atoms with E-state index in [4.69, 9.17) is 0 Å². The van der Waals surface area contributed by atoms with Gasteiger partial charge in [-0.25, -0.2) is 13.9 Å². The predicted molar refractivity (Wildman–Crippen MR) is 109 cm³/mol. The van der Waals surface area contributed by atoms with Crippen LogP contribution >= 0.6 is 0 Å². The molecule has 0 spiro atoms. The summed E-state index contributed by atoms with van der Waals surface area (Å²) in [4.78, 5) is 29.3. The molecule has 0 bridgehead atoms. The van der Waals surface area contributed by atoms with E-state index in [9.17, 15) is 14.0 Å². The molecule has 0 saturated carbocycles. The third-order valence-corrected chi connectivity index (χ3v) is 5.36. The second kappa shape index (κ2) is 9.02. The molecule has 1 atom stereocenters. The lowest BCUT2D eigenvalue weighted by atomic mass is 10.1. The second-order valence-electron chi connectivity index (χ2n) is 7.55. The van der Waals surface area contributed by atoms with Gasteiger partial charge in [0.05, 0.1) is 6.54 Å². The van der Waals surface area contributed by atoms with Crippen LogP contribution in [-0.2, 0) is 30.7 Å². The van der Waals surface area contributed by atoms with Crippen LogP contribution in [-0.4, -0.2) is 31.3 Å². The Kier molecular flexibility index (Phi) is 6.02. The number of hydrogen-bond acceptors (Lipinski definition) is 4. The van der Waals surface area contributed by atoms with Crippen molar-refractivity contribution < 1.29 is 9.18 Å². The van der Waals surface area contributed by atoms with E-state index in [1.165, 1.54) is 16.8 Å². The lowest BCUT2D eigenvalue weighted by Crippen LogP contribution is -2.36. The van der Waals surface area contributed by atoms with E-state index in [0.29, 0.717) is 38.8 Å². The molecule has 8 heteroatoms. The Balaban J connectivity index is 1.33. The van der Waals surface area contributed by atoms with Crippen molar-refractivity contribution in [3.63, 3.8) is 0 Å². The highest BCUT2D eigenvalue weighted by atomic mass is 19.1. The van der Waals surface area contributed by atoms with Gasteiger partial charge in [-0.05, 0) is 49.1 Å². The number of aryl methyl sites for hydroxylation is 2. The first kappa shape index (κ1) is 20.0. The van der Waals surface area contributed by atoms with Gasteiger partial charge in [0.15, 0.2) is 0 Å². The van der Waals surface area contributed by atoms with Gasteiger partial charge in [-0.1, -0.05) is 18.2 Å². The second-order valence-corrected chi connectivity index (χ2v) is 7.55.